The topological polar surface area (TPSA) is 43.8 Å². The first kappa shape index (κ1) is 13.7. The van der Waals surface area contributed by atoms with Gasteiger partial charge >= 0.3 is 0 Å². The van der Waals surface area contributed by atoms with E-state index in [-0.39, 0.29) is 0 Å². The van der Waals surface area contributed by atoms with Crippen molar-refractivity contribution >= 4 is 5.82 Å². The molecule has 0 amide bonds. The molecule has 0 aliphatic heterocycles. The van der Waals surface area contributed by atoms with E-state index in [4.69, 9.17) is 10.7 Å². The van der Waals surface area contributed by atoms with Crippen LogP contribution in [0.15, 0.2) is 0 Å². The van der Waals surface area contributed by atoms with E-state index < -0.39 is 0 Å². The highest BCUT2D eigenvalue weighted by Crippen LogP contribution is 2.46. The minimum Gasteiger partial charge on any atom is -0.384 e. The zero-order valence-corrected chi connectivity index (χ0v) is 13.2. The molecule has 1 heterocycles. The fraction of sp³-hybridized carbons (Fsp3) is 0.833. The standard InChI is InChI=1S/C18H29N3/c19-17-16(13-7-3-1-2-4-8-13)20-18(14-9-5-6-10-14)21(17)15-11-12-15/h13-15H,1-12,19H2. The van der Waals surface area contributed by atoms with E-state index in [1.54, 1.807) is 0 Å². The maximum Gasteiger partial charge on any atom is 0.127 e. The van der Waals surface area contributed by atoms with Crippen molar-refractivity contribution in [1.29, 1.82) is 0 Å². The van der Waals surface area contributed by atoms with Gasteiger partial charge in [0, 0.05) is 17.9 Å². The fourth-order valence-electron chi connectivity index (χ4n) is 4.52. The Labute approximate surface area is 128 Å². The lowest BCUT2D eigenvalue weighted by Gasteiger charge is -2.13. The van der Waals surface area contributed by atoms with Gasteiger partial charge in [0.15, 0.2) is 0 Å². The van der Waals surface area contributed by atoms with Gasteiger partial charge in [-0.15, -0.1) is 0 Å². The van der Waals surface area contributed by atoms with E-state index in [1.807, 2.05) is 0 Å². The number of hydrogen-bond donors (Lipinski definition) is 1. The lowest BCUT2D eigenvalue weighted by molar-refractivity contribution is 0.574. The highest BCUT2D eigenvalue weighted by atomic mass is 15.2. The van der Waals surface area contributed by atoms with Crippen LogP contribution in [0.4, 0.5) is 5.82 Å². The fourth-order valence-corrected chi connectivity index (χ4v) is 4.52. The Morgan fingerprint density at radius 2 is 1.33 bits per heavy atom. The predicted molar refractivity (Wildman–Crippen MR) is 86.6 cm³/mol. The molecule has 0 radical (unpaired) electrons. The molecule has 3 heteroatoms. The van der Waals surface area contributed by atoms with Crippen LogP contribution >= 0.6 is 0 Å². The maximum absolute atomic E-state index is 6.60. The molecule has 3 saturated carbocycles. The Morgan fingerprint density at radius 3 is 1.95 bits per heavy atom. The molecule has 3 fully saturated rings. The molecule has 0 aromatic carbocycles. The molecule has 0 spiro atoms. The van der Waals surface area contributed by atoms with Crippen molar-refractivity contribution in [3.8, 4) is 0 Å². The number of nitrogens with zero attached hydrogens (tertiary/aromatic N) is 2. The van der Waals surface area contributed by atoms with Gasteiger partial charge in [0.25, 0.3) is 0 Å². The monoisotopic (exact) mass is 287 g/mol. The Bertz CT molecular complexity index is 487. The first-order valence-electron chi connectivity index (χ1n) is 9.22. The lowest BCUT2D eigenvalue weighted by atomic mass is 9.96. The van der Waals surface area contributed by atoms with Gasteiger partial charge in [0.05, 0.1) is 5.69 Å². The molecule has 0 bridgehead atoms. The Balaban J connectivity index is 1.68. The highest BCUT2D eigenvalue weighted by molar-refractivity contribution is 5.43. The Kier molecular flexibility index (Phi) is 3.68. The van der Waals surface area contributed by atoms with Gasteiger partial charge in [-0.05, 0) is 38.5 Å². The summed E-state index contributed by atoms with van der Waals surface area (Å²) >= 11 is 0. The van der Waals surface area contributed by atoms with Crippen LogP contribution in [0.2, 0.25) is 0 Å². The number of hydrogen-bond acceptors (Lipinski definition) is 2. The summed E-state index contributed by atoms with van der Waals surface area (Å²) in [4.78, 5) is 5.16. The molecule has 1 aromatic rings. The molecule has 0 saturated heterocycles. The van der Waals surface area contributed by atoms with Gasteiger partial charge in [-0.3, -0.25) is 0 Å². The van der Waals surface area contributed by atoms with Crippen LogP contribution in [-0.2, 0) is 0 Å². The molecule has 0 unspecified atom stereocenters. The molecule has 1 aromatic heterocycles. The van der Waals surface area contributed by atoms with E-state index in [0.29, 0.717) is 17.9 Å². The highest BCUT2D eigenvalue weighted by Gasteiger charge is 2.35. The van der Waals surface area contributed by atoms with E-state index in [2.05, 4.69) is 4.57 Å². The first-order chi connectivity index (χ1) is 10.3. The van der Waals surface area contributed by atoms with Crippen molar-refractivity contribution in [1.82, 2.24) is 9.55 Å². The third kappa shape index (κ3) is 2.60. The lowest BCUT2D eigenvalue weighted by Crippen LogP contribution is -2.08. The second kappa shape index (κ2) is 5.66. The average Bonchev–Trinajstić information content (AvgIpc) is 3.16. The van der Waals surface area contributed by atoms with Crippen molar-refractivity contribution in [2.75, 3.05) is 5.73 Å². The van der Waals surface area contributed by atoms with Crippen LogP contribution < -0.4 is 5.73 Å². The van der Waals surface area contributed by atoms with Crippen LogP contribution in [-0.4, -0.2) is 9.55 Å². The van der Waals surface area contributed by atoms with E-state index in [9.17, 15) is 0 Å². The summed E-state index contributed by atoms with van der Waals surface area (Å²) in [6, 6.07) is 0.674. The summed E-state index contributed by atoms with van der Waals surface area (Å²) < 4.78 is 2.45. The SMILES string of the molecule is Nc1c(C2CCCCCC2)nc(C2CCCC2)n1C1CC1. The van der Waals surface area contributed by atoms with Crippen molar-refractivity contribution in [2.24, 2.45) is 0 Å². The van der Waals surface area contributed by atoms with Crippen molar-refractivity contribution in [2.45, 2.75) is 94.9 Å². The van der Waals surface area contributed by atoms with Crippen LogP contribution in [0, 0.1) is 0 Å². The van der Waals surface area contributed by atoms with Gasteiger partial charge in [-0.2, -0.15) is 0 Å². The number of anilines is 1. The predicted octanol–water partition coefficient (Wildman–Crippen LogP) is 4.90. The van der Waals surface area contributed by atoms with Crippen LogP contribution in [0.5, 0.6) is 0 Å². The summed E-state index contributed by atoms with van der Waals surface area (Å²) in [6.45, 7) is 0. The molecule has 3 aliphatic rings. The number of aromatic nitrogens is 2. The van der Waals surface area contributed by atoms with Crippen LogP contribution in [0.25, 0.3) is 0 Å². The van der Waals surface area contributed by atoms with Gasteiger partial charge < -0.3 is 10.3 Å². The Morgan fingerprint density at radius 1 is 0.762 bits per heavy atom. The van der Waals surface area contributed by atoms with Gasteiger partial charge in [-0.25, -0.2) is 4.98 Å². The van der Waals surface area contributed by atoms with Crippen LogP contribution in [0.3, 0.4) is 0 Å². The molecule has 3 nitrogen and oxygen atoms in total. The van der Waals surface area contributed by atoms with Crippen LogP contribution in [0.1, 0.15) is 106 Å². The van der Waals surface area contributed by atoms with Gasteiger partial charge in [0.2, 0.25) is 0 Å². The number of rotatable bonds is 3. The number of imidazole rings is 1. The largest absolute Gasteiger partial charge is 0.384 e. The molecule has 116 valence electrons. The summed E-state index contributed by atoms with van der Waals surface area (Å²) in [5, 5.41) is 0. The van der Waals surface area contributed by atoms with E-state index in [0.717, 1.165) is 5.82 Å². The zero-order chi connectivity index (χ0) is 14.2. The minimum absolute atomic E-state index is 0.632. The third-order valence-electron chi connectivity index (χ3n) is 5.88. The summed E-state index contributed by atoms with van der Waals surface area (Å²) in [6.07, 6.45) is 16.1. The molecule has 4 rings (SSSR count). The second-order valence-corrected chi connectivity index (χ2v) is 7.51. The smallest absolute Gasteiger partial charge is 0.127 e. The van der Waals surface area contributed by atoms with E-state index >= 15 is 0 Å². The summed E-state index contributed by atoms with van der Waals surface area (Å²) in [5.74, 6) is 3.71. The molecule has 2 N–H and O–H groups in total. The molecule has 21 heavy (non-hydrogen) atoms. The average molecular weight is 287 g/mol. The molecule has 3 aliphatic carbocycles. The second-order valence-electron chi connectivity index (χ2n) is 7.51. The van der Waals surface area contributed by atoms with Crippen molar-refractivity contribution in [3.05, 3.63) is 11.5 Å². The first-order valence-corrected chi connectivity index (χ1v) is 9.22. The minimum atomic E-state index is 0.632. The van der Waals surface area contributed by atoms with Crippen molar-refractivity contribution in [3.63, 3.8) is 0 Å². The maximum atomic E-state index is 6.60. The molecular formula is C18H29N3. The van der Waals surface area contributed by atoms with Gasteiger partial charge in [-0.1, -0.05) is 38.5 Å². The molecule has 0 atom stereocenters. The summed E-state index contributed by atoms with van der Waals surface area (Å²) in [5.41, 5.74) is 7.86. The molecular weight excluding hydrogens is 258 g/mol. The van der Waals surface area contributed by atoms with Crippen molar-refractivity contribution < 1.29 is 0 Å². The quantitative estimate of drug-likeness (QED) is 0.804. The Hall–Kier alpha value is -0.990. The summed E-state index contributed by atoms with van der Waals surface area (Å²) in [7, 11) is 0. The number of nitrogens with two attached hydrogens (primary N) is 1. The van der Waals surface area contributed by atoms with E-state index in [1.165, 1.54) is 88.6 Å². The zero-order valence-electron chi connectivity index (χ0n) is 13.2. The third-order valence-corrected chi connectivity index (χ3v) is 5.88. The number of nitrogen functional groups attached to an aromatic ring is 1. The van der Waals surface area contributed by atoms with Gasteiger partial charge in [0.1, 0.15) is 11.6 Å². The normalized spacial score (nSPS) is 25.3.